The summed E-state index contributed by atoms with van der Waals surface area (Å²) in [5.41, 5.74) is 0. The van der Waals surface area contributed by atoms with Gasteiger partial charge < -0.3 is 8.85 Å². The van der Waals surface area contributed by atoms with Gasteiger partial charge in [0.15, 0.2) is 0 Å². The van der Waals surface area contributed by atoms with Gasteiger partial charge in [0.1, 0.15) is 0 Å². The van der Waals surface area contributed by atoms with Crippen LogP contribution in [-0.4, -0.2) is 22.5 Å². The maximum atomic E-state index is 5.67. The molecule has 14 heavy (non-hydrogen) atoms. The van der Waals surface area contributed by atoms with Gasteiger partial charge in [-0.3, -0.25) is 0 Å². The summed E-state index contributed by atoms with van der Waals surface area (Å²) >= 11 is 0. The molecule has 0 bridgehead atoms. The quantitative estimate of drug-likeness (QED) is 0.633. The van der Waals surface area contributed by atoms with Crippen LogP contribution in [0.3, 0.4) is 0 Å². The minimum absolute atomic E-state index is 0.685. The summed E-state index contributed by atoms with van der Waals surface area (Å²) in [4.78, 5) is 0. The van der Waals surface area contributed by atoms with E-state index < -0.39 is 9.28 Å². The van der Waals surface area contributed by atoms with Crippen molar-refractivity contribution in [3.63, 3.8) is 0 Å². The van der Waals surface area contributed by atoms with Crippen molar-refractivity contribution in [3.05, 3.63) is 11.8 Å². The van der Waals surface area contributed by atoms with Gasteiger partial charge in [-0.2, -0.15) is 0 Å². The predicted molar refractivity (Wildman–Crippen MR) is 61.5 cm³/mol. The molecule has 1 fully saturated rings. The SMILES string of the molecule is C=C(C1CCCC1)[SiH](OCC)OCC. The van der Waals surface area contributed by atoms with Crippen molar-refractivity contribution < 1.29 is 8.85 Å². The van der Waals surface area contributed by atoms with Crippen LogP contribution in [-0.2, 0) is 8.85 Å². The normalized spacial score (nSPS) is 17.9. The zero-order valence-corrected chi connectivity index (χ0v) is 10.6. The number of hydrogen-bond donors (Lipinski definition) is 0. The Morgan fingerprint density at radius 3 is 2.14 bits per heavy atom. The molecule has 0 unspecified atom stereocenters. The second kappa shape index (κ2) is 6.38. The lowest BCUT2D eigenvalue weighted by Crippen LogP contribution is -2.28. The summed E-state index contributed by atoms with van der Waals surface area (Å²) in [7, 11) is -1.58. The molecule has 0 N–H and O–H groups in total. The molecule has 0 aliphatic heterocycles. The summed E-state index contributed by atoms with van der Waals surface area (Å²) in [5, 5.41) is 1.28. The summed E-state index contributed by atoms with van der Waals surface area (Å²) < 4.78 is 11.3. The lowest BCUT2D eigenvalue weighted by molar-refractivity contribution is 0.218. The summed E-state index contributed by atoms with van der Waals surface area (Å²) in [6, 6.07) is 0. The molecule has 0 saturated heterocycles. The van der Waals surface area contributed by atoms with E-state index in [1.807, 2.05) is 13.8 Å². The van der Waals surface area contributed by atoms with E-state index in [-0.39, 0.29) is 0 Å². The van der Waals surface area contributed by atoms with Gasteiger partial charge >= 0.3 is 9.28 Å². The number of allylic oxidation sites excluding steroid dienone is 1. The third kappa shape index (κ3) is 3.22. The Morgan fingerprint density at radius 1 is 1.21 bits per heavy atom. The molecule has 0 amide bonds. The zero-order chi connectivity index (χ0) is 10.4. The van der Waals surface area contributed by atoms with Crippen molar-refractivity contribution in [1.29, 1.82) is 0 Å². The first kappa shape index (κ1) is 11.9. The van der Waals surface area contributed by atoms with Gasteiger partial charge in [-0.05, 0) is 37.8 Å². The van der Waals surface area contributed by atoms with Gasteiger partial charge in [0.05, 0.1) is 0 Å². The fraction of sp³-hybridized carbons (Fsp3) is 0.818. The van der Waals surface area contributed by atoms with Gasteiger partial charge in [0.2, 0.25) is 0 Å². The molecule has 0 aromatic carbocycles. The van der Waals surface area contributed by atoms with Crippen LogP contribution in [0.4, 0.5) is 0 Å². The molecule has 1 aliphatic rings. The van der Waals surface area contributed by atoms with Crippen molar-refractivity contribution >= 4 is 9.28 Å². The van der Waals surface area contributed by atoms with E-state index in [1.165, 1.54) is 30.9 Å². The van der Waals surface area contributed by atoms with Gasteiger partial charge in [0, 0.05) is 13.2 Å². The minimum Gasteiger partial charge on any atom is -0.394 e. The lowest BCUT2D eigenvalue weighted by Gasteiger charge is -2.21. The third-order valence-electron chi connectivity index (χ3n) is 2.82. The van der Waals surface area contributed by atoms with Gasteiger partial charge in [0.25, 0.3) is 0 Å². The molecule has 0 spiro atoms. The smallest absolute Gasteiger partial charge is 0.351 e. The molecule has 1 aliphatic carbocycles. The molecule has 1 saturated carbocycles. The Kier molecular flexibility index (Phi) is 5.44. The first-order chi connectivity index (χ1) is 6.79. The van der Waals surface area contributed by atoms with Gasteiger partial charge in [-0.1, -0.05) is 19.4 Å². The van der Waals surface area contributed by atoms with E-state index in [1.54, 1.807) is 0 Å². The highest BCUT2D eigenvalue weighted by molar-refractivity contribution is 6.53. The van der Waals surface area contributed by atoms with Crippen molar-refractivity contribution in [1.82, 2.24) is 0 Å². The molecule has 2 nitrogen and oxygen atoms in total. The highest BCUT2D eigenvalue weighted by Crippen LogP contribution is 2.31. The second-order valence-corrected chi connectivity index (χ2v) is 5.87. The third-order valence-corrected chi connectivity index (χ3v) is 5.17. The summed E-state index contributed by atoms with van der Waals surface area (Å²) in [6.45, 7) is 9.75. The summed E-state index contributed by atoms with van der Waals surface area (Å²) in [5.74, 6) is 0.685. The zero-order valence-electron chi connectivity index (χ0n) is 9.42. The molecule has 0 heterocycles. The van der Waals surface area contributed by atoms with Crippen molar-refractivity contribution in [3.8, 4) is 0 Å². The fourth-order valence-electron chi connectivity index (χ4n) is 2.05. The monoisotopic (exact) mass is 214 g/mol. The van der Waals surface area contributed by atoms with E-state index in [0.717, 1.165) is 13.2 Å². The Morgan fingerprint density at radius 2 is 1.71 bits per heavy atom. The lowest BCUT2D eigenvalue weighted by atomic mass is 10.1. The van der Waals surface area contributed by atoms with Crippen LogP contribution in [0.5, 0.6) is 0 Å². The van der Waals surface area contributed by atoms with Crippen molar-refractivity contribution in [2.75, 3.05) is 13.2 Å². The molecule has 0 atom stereocenters. The maximum absolute atomic E-state index is 5.67. The Hall–Kier alpha value is -0.123. The Bertz CT molecular complexity index is 170. The van der Waals surface area contributed by atoms with Crippen LogP contribution in [0.15, 0.2) is 11.8 Å². The molecule has 3 heteroatoms. The first-order valence-corrected chi connectivity index (χ1v) is 7.23. The van der Waals surface area contributed by atoms with Gasteiger partial charge in [-0.25, -0.2) is 0 Å². The van der Waals surface area contributed by atoms with E-state index in [2.05, 4.69) is 6.58 Å². The largest absolute Gasteiger partial charge is 0.394 e. The first-order valence-electron chi connectivity index (χ1n) is 5.71. The van der Waals surface area contributed by atoms with Crippen LogP contribution in [0.1, 0.15) is 39.5 Å². The standard InChI is InChI=1S/C11H22O2Si/c1-4-12-14(13-5-2)10(3)11-8-6-7-9-11/h11,14H,3-9H2,1-2H3. The average molecular weight is 214 g/mol. The minimum atomic E-state index is -1.58. The fourth-order valence-corrected chi connectivity index (χ4v) is 3.90. The average Bonchev–Trinajstić information content (AvgIpc) is 2.69. The van der Waals surface area contributed by atoms with Crippen molar-refractivity contribution in [2.45, 2.75) is 39.5 Å². The molecule has 1 rings (SSSR count). The topological polar surface area (TPSA) is 18.5 Å². The van der Waals surface area contributed by atoms with Crippen LogP contribution in [0, 0.1) is 5.92 Å². The van der Waals surface area contributed by atoms with E-state index in [9.17, 15) is 0 Å². The molecular weight excluding hydrogens is 192 g/mol. The van der Waals surface area contributed by atoms with E-state index in [4.69, 9.17) is 8.85 Å². The molecule has 0 radical (unpaired) electrons. The Balaban J connectivity index is 2.43. The Labute approximate surface area is 89.1 Å². The van der Waals surface area contributed by atoms with Gasteiger partial charge in [-0.15, -0.1) is 0 Å². The number of rotatable bonds is 6. The van der Waals surface area contributed by atoms with Crippen LogP contribution >= 0.6 is 0 Å². The van der Waals surface area contributed by atoms with Crippen LogP contribution in [0.2, 0.25) is 0 Å². The molecule has 0 aromatic heterocycles. The molecule has 0 aromatic rings. The van der Waals surface area contributed by atoms with Crippen LogP contribution < -0.4 is 0 Å². The number of hydrogen-bond acceptors (Lipinski definition) is 2. The molecular formula is C11H22O2Si. The second-order valence-electron chi connectivity index (χ2n) is 3.80. The highest BCUT2D eigenvalue weighted by Gasteiger charge is 2.26. The van der Waals surface area contributed by atoms with Crippen molar-refractivity contribution in [2.24, 2.45) is 5.92 Å². The van der Waals surface area contributed by atoms with Crippen LogP contribution in [0.25, 0.3) is 0 Å². The van der Waals surface area contributed by atoms with E-state index in [0.29, 0.717) is 5.92 Å². The molecule has 82 valence electrons. The predicted octanol–water partition coefficient (Wildman–Crippen LogP) is 2.57. The van der Waals surface area contributed by atoms with E-state index >= 15 is 0 Å². The summed E-state index contributed by atoms with van der Waals surface area (Å²) in [6.07, 6.45) is 5.29. The maximum Gasteiger partial charge on any atom is 0.351 e. The highest BCUT2D eigenvalue weighted by atomic mass is 28.3.